The topological polar surface area (TPSA) is 272 Å². The van der Waals surface area contributed by atoms with E-state index in [4.69, 9.17) is 11.0 Å². The van der Waals surface area contributed by atoms with Gasteiger partial charge < -0.3 is 15.8 Å². The highest BCUT2D eigenvalue weighted by molar-refractivity contribution is 7.88. The number of methoxy groups -OCH3 is 1. The van der Waals surface area contributed by atoms with E-state index in [1.807, 2.05) is 54.6 Å². The summed E-state index contributed by atoms with van der Waals surface area (Å²) in [6, 6.07) is 27.7. The van der Waals surface area contributed by atoms with Crippen molar-refractivity contribution in [3.8, 4) is 6.07 Å². The van der Waals surface area contributed by atoms with Crippen LogP contribution in [0.25, 0.3) is 0 Å². The van der Waals surface area contributed by atoms with Crippen LogP contribution in [-0.4, -0.2) is 122 Å². The highest BCUT2D eigenvalue weighted by atomic mass is 32.2. The van der Waals surface area contributed by atoms with Gasteiger partial charge in [-0.15, -0.1) is 10.2 Å². The van der Waals surface area contributed by atoms with Crippen molar-refractivity contribution in [2.45, 2.75) is 92.8 Å². The van der Waals surface area contributed by atoms with Gasteiger partial charge in [0.15, 0.2) is 5.82 Å². The first-order valence-electron chi connectivity index (χ1n) is 21.0. The Kier molecular flexibility index (Phi) is 18.5. The van der Waals surface area contributed by atoms with E-state index in [1.165, 1.54) is 20.0 Å². The first-order valence-corrected chi connectivity index (χ1v) is 25.8. The summed E-state index contributed by atoms with van der Waals surface area (Å²) in [6.45, 7) is 2.30. The number of hydrogen-bond donors (Lipinski definition) is 3. The Morgan fingerprint density at radius 3 is 1.66 bits per heavy atom. The lowest BCUT2D eigenvalue weighted by atomic mass is 10.2. The quantitative estimate of drug-likeness (QED) is 0.173. The fourth-order valence-electron chi connectivity index (χ4n) is 7.83. The monoisotopic (exact) mass is 940 g/mol. The molecule has 4 fully saturated rings. The molecule has 4 aromatic rings. The average molecular weight is 941 g/mol. The number of sulfonamides is 3. The number of nitrogens with zero attached hydrogens (tertiary/aromatic N) is 7. The third-order valence-electron chi connectivity index (χ3n) is 10.9. The lowest BCUT2D eigenvalue weighted by Gasteiger charge is -2.21. The molecule has 1 amide bonds. The molecule has 4 atom stereocenters. The van der Waals surface area contributed by atoms with E-state index < -0.39 is 48.1 Å². The Morgan fingerprint density at radius 1 is 0.703 bits per heavy atom. The van der Waals surface area contributed by atoms with Crippen molar-refractivity contribution < 1.29 is 39.6 Å². The van der Waals surface area contributed by atoms with Crippen molar-refractivity contribution >= 4 is 41.9 Å². The van der Waals surface area contributed by atoms with Crippen molar-refractivity contribution in [2.24, 2.45) is 5.73 Å². The predicted molar refractivity (Wildman–Crippen MR) is 237 cm³/mol. The molecule has 1 aromatic heterocycles. The zero-order valence-corrected chi connectivity index (χ0v) is 38.1. The summed E-state index contributed by atoms with van der Waals surface area (Å²) in [5.74, 6) is -0.359. The molecule has 22 heteroatoms. The Labute approximate surface area is 375 Å². The number of aromatic nitrogens is 4. The second-order valence-electron chi connectivity index (χ2n) is 15.5. The van der Waals surface area contributed by atoms with Crippen LogP contribution in [0.5, 0.6) is 0 Å². The second kappa shape index (κ2) is 23.7. The molecule has 3 aromatic carbocycles. The van der Waals surface area contributed by atoms with Crippen LogP contribution in [0.15, 0.2) is 91.0 Å². The van der Waals surface area contributed by atoms with Crippen LogP contribution in [-0.2, 0) is 61.7 Å². The van der Waals surface area contributed by atoms with Crippen molar-refractivity contribution in [3.63, 3.8) is 0 Å². The average Bonchev–Trinajstić information content (AvgIpc) is 4.14. The van der Waals surface area contributed by atoms with Gasteiger partial charge in [0.2, 0.25) is 36.0 Å². The minimum absolute atomic E-state index is 0.00217. The first-order chi connectivity index (χ1) is 30.6. The number of carbonyl (C=O) groups excluding carboxylic acids is 2. The molecule has 4 N–H and O–H groups in total. The van der Waals surface area contributed by atoms with Gasteiger partial charge in [-0.05, 0) is 74.6 Å². The van der Waals surface area contributed by atoms with E-state index in [-0.39, 0.29) is 35.3 Å². The summed E-state index contributed by atoms with van der Waals surface area (Å²) >= 11 is 0. The van der Waals surface area contributed by atoms with Gasteiger partial charge in [0.1, 0.15) is 18.1 Å². The molecular weight excluding hydrogens is 885 g/mol. The maximum Gasteiger partial charge on any atom is 0.322 e. The van der Waals surface area contributed by atoms with Crippen LogP contribution in [0.1, 0.15) is 79.9 Å². The molecule has 0 spiro atoms. The van der Waals surface area contributed by atoms with E-state index in [2.05, 4.69) is 36.7 Å². The summed E-state index contributed by atoms with van der Waals surface area (Å²) in [5, 5.41) is 25.7. The largest absolute Gasteiger partial charge is 0.468 e. The predicted octanol–water partition coefficient (Wildman–Crippen LogP) is 2.75. The van der Waals surface area contributed by atoms with E-state index in [0.717, 1.165) is 49.8 Å². The Balaban J connectivity index is 0.000000165. The molecule has 0 aliphatic carbocycles. The van der Waals surface area contributed by atoms with Gasteiger partial charge in [-0.25, -0.2) is 25.3 Å². The SMILES string of the molecule is COC(=O)C1CCCN1.N#CC1CCCN1S(=O)(=O)Cc1ccccc1.NC(=O)C1CCCN1S(=O)(=O)Cc1ccccc1.O=S(=O)(Cc1ccccc1)N1CCC[C@H]1c1nn[nH]n1. The van der Waals surface area contributed by atoms with Gasteiger partial charge >= 0.3 is 5.97 Å². The Hall–Kier alpha value is -5.15. The molecule has 346 valence electrons. The van der Waals surface area contributed by atoms with Gasteiger partial charge in [0, 0.05) is 19.6 Å². The highest BCUT2D eigenvalue weighted by Crippen LogP contribution is 2.33. The maximum atomic E-state index is 12.5. The third kappa shape index (κ3) is 14.2. The van der Waals surface area contributed by atoms with Gasteiger partial charge in [0.05, 0.1) is 36.5 Å². The molecule has 4 saturated heterocycles. The summed E-state index contributed by atoms with van der Waals surface area (Å²) in [6.07, 6.45) is 6.16. The molecule has 64 heavy (non-hydrogen) atoms. The second-order valence-corrected chi connectivity index (χ2v) is 21.3. The number of nitrogens with two attached hydrogens (primary N) is 1. The molecule has 0 radical (unpaired) electrons. The van der Waals surface area contributed by atoms with Crippen LogP contribution in [0, 0.1) is 11.3 Å². The summed E-state index contributed by atoms with van der Waals surface area (Å²) in [5.41, 5.74) is 7.49. The molecule has 0 bridgehead atoms. The normalized spacial score (nSPS) is 21.6. The van der Waals surface area contributed by atoms with Crippen LogP contribution in [0.4, 0.5) is 0 Å². The molecular formula is C42H56N10O9S3. The lowest BCUT2D eigenvalue weighted by Crippen LogP contribution is -2.44. The smallest absolute Gasteiger partial charge is 0.322 e. The number of hydrogen-bond acceptors (Lipinski definition) is 14. The van der Waals surface area contributed by atoms with Crippen molar-refractivity contribution in [3.05, 3.63) is 114 Å². The van der Waals surface area contributed by atoms with E-state index >= 15 is 0 Å². The number of ether oxygens (including phenoxy) is 1. The van der Waals surface area contributed by atoms with Gasteiger partial charge in [-0.3, -0.25) is 9.59 Å². The number of benzene rings is 3. The summed E-state index contributed by atoms with van der Waals surface area (Å²) in [7, 11) is -8.80. The number of nitrogens with one attached hydrogen (secondary N) is 2. The number of nitriles is 1. The van der Waals surface area contributed by atoms with Crippen LogP contribution in [0.2, 0.25) is 0 Å². The fourth-order valence-corrected chi connectivity index (χ4v) is 13.1. The third-order valence-corrected chi connectivity index (χ3v) is 16.5. The molecule has 8 rings (SSSR count). The van der Waals surface area contributed by atoms with E-state index in [0.29, 0.717) is 50.3 Å². The van der Waals surface area contributed by atoms with Crippen molar-refractivity contribution in [1.82, 2.24) is 38.9 Å². The number of primary amides is 1. The standard InChI is InChI=1S/C12H15N5O2S.C12H16N2O3S.C12H14N2O2S.C6H11NO2/c18-20(19,9-10-5-2-1-3-6-10)17-8-4-7-11(17)12-13-15-16-14-12;13-12(15)11-7-4-8-14(11)18(16,17)9-10-5-2-1-3-6-10;13-9-12-7-4-8-14(12)17(15,16)10-11-5-2-1-3-6-11;1-9-6(8)5-3-2-4-7-5/h1-3,5-6,11H,4,7-9H2,(H,13,14,15,16);1-3,5-6,11H,4,7-9H2,(H2,13,15);1-3,5-6,12H,4,7-8,10H2;5,7H,2-4H2,1H3/t11-;;;/m0.../s1. The Bertz CT molecular complexity index is 2460. The van der Waals surface area contributed by atoms with E-state index in [9.17, 15) is 34.8 Å². The molecule has 5 heterocycles. The molecule has 3 unspecified atom stereocenters. The zero-order valence-electron chi connectivity index (χ0n) is 35.7. The number of esters is 1. The van der Waals surface area contributed by atoms with Gasteiger partial charge in [0.25, 0.3) is 0 Å². The van der Waals surface area contributed by atoms with Crippen LogP contribution >= 0.6 is 0 Å². The highest BCUT2D eigenvalue weighted by Gasteiger charge is 2.39. The number of aromatic amines is 1. The zero-order chi connectivity index (χ0) is 46.2. The maximum absolute atomic E-state index is 12.5. The first kappa shape index (κ1) is 49.9. The van der Waals surface area contributed by atoms with E-state index in [1.54, 1.807) is 36.4 Å². The number of rotatable bonds is 12. The van der Waals surface area contributed by atoms with Crippen LogP contribution in [0.3, 0.4) is 0 Å². The van der Waals surface area contributed by atoms with Crippen molar-refractivity contribution in [1.29, 1.82) is 5.26 Å². The summed E-state index contributed by atoms with van der Waals surface area (Å²) < 4.78 is 82.5. The minimum atomic E-state index is -3.47. The molecule has 4 aliphatic heterocycles. The summed E-state index contributed by atoms with van der Waals surface area (Å²) in [4.78, 5) is 22.0. The fraction of sp³-hybridized carbons (Fsp3) is 0.476. The van der Waals surface area contributed by atoms with Crippen molar-refractivity contribution in [2.75, 3.05) is 33.3 Å². The number of carbonyl (C=O) groups is 2. The molecule has 0 saturated carbocycles. The molecule has 4 aliphatic rings. The minimum Gasteiger partial charge on any atom is -0.468 e. The van der Waals surface area contributed by atoms with Gasteiger partial charge in [-0.1, -0.05) is 96.2 Å². The number of H-pyrrole nitrogens is 1. The van der Waals surface area contributed by atoms with Gasteiger partial charge in [-0.2, -0.15) is 23.4 Å². The Morgan fingerprint density at radius 2 is 1.19 bits per heavy atom. The lowest BCUT2D eigenvalue weighted by molar-refractivity contribution is -0.142. The molecule has 19 nitrogen and oxygen atoms in total. The number of tetrazole rings is 1. The number of amides is 1. The van der Waals surface area contributed by atoms with Crippen LogP contribution < -0.4 is 11.1 Å².